The zero-order valence-electron chi connectivity index (χ0n) is 15.9. The molecule has 1 fully saturated rings. The van der Waals surface area contributed by atoms with Gasteiger partial charge in [0.25, 0.3) is 5.56 Å². The molecule has 1 aromatic heterocycles. The van der Waals surface area contributed by atoms with E-state index in [2.05, 4.69) is 25.8 Å². The Balaban J connectivity index is 1.63. The number of esters is 1. The lowest BCUT2D eigenvalue weighted by molar-refractivity contribution is -0.156. The number of aromatic nitrogens is 2. The molecule has 5 nitrogen and oxygen atoms in total. The summed E-state index contributed by atoms with van der Waals surface area (Å²) < 4.78 is 7.30. The van der Waals surface area contributed by atoms with Crippen LogP contribution < -0.4 is 5.56 Å². The van der Waals surface area contributed by atoms with Crippen molar-refractivity contribution in [2.75, 3.05) is 0 Å². The first-order valence-electron chi connectivity index (χ1n) is 9.59. The largest absolute Gasteiger partial charge is 0.462 e. The molecule has 1 aliphatic carbocycles. The van der Waals surface area contributed by atoms with Crippen LogP contribution >= 0.6 is 0 Å². The van der Waals surface area contributed by atoms with Crippen LogP contribution in [0, 0.1) is 17.8 Å². The fourth-order valence-electron chi connectivity index (χ4n) is 3.96. The second-order valence-electron chi connectivity index (χ2n) is 7.86. The van der Waals surface area contributed by atoms with E-state index in [1.54, 1.807) is 6.07 Å². The molecule has 0 bridgehead atoms. The van der Waals surface area contributed by atoms with Crippen LogP contribution in [-0.2, 0) is 16.1 Å². The van der Waals surface area contributed by atoms with Gasteiger partial charge in [-0.25, -0.2) is 4.98 Å². The molecule has 3 atom stereocenters. The Labute approximate surface area is 154 Å². The van der Waals surface area contributed by atoms with E-state index in [4.69, 9.17) is 4.74 Å². The van der Waals surface area contributed by atoms with Gasteiger partial charge in [0.15, 0.2) is 0 Å². The lowest BCUT2D eigenvalue weighted by Gasteiger charge is -2.36. The van der Waals surface area contributed by atoms with Crippen molar-refractivity contribution in [3.63, 3.8) is 0 Å². The van der Waals surface area contributed by atoms with Crippen LogP contribution in [0.3, 0.4) is 0 Å². The number of hydrogen-bond acceptors (Lipinski definition) is 4. The number of carbonyl (C=O) groups is 1. The molecular formula is C21H28N2O3. The molecule has 5 heteroatoms. The average Bonchev–Trinajstić information content (AvgIpc) is 2.61. The molecule has 2 aromatic rings. The summed E-state index contributed by atoms with van der Waals surface area (Å²) >= 11 is 0. The van der Waals surface area contributed by atoms with Crippen molar-refractivity contribution in [1.29, 1.82) is 0 Å². The molecule has 0 saturated heterocycles. The van der Waals surface area contributed by atoms with Gasteiger partial charge in [0.2, 0.25) is 0 Å². The van der Waals surface area contributed by atoms with Crippen molar-refractivity contribution in [2.24, 2.45) is 17.8 Å². The first-order chi connectivity index (χ1) is 12.5. The second-order valence-corrected chi connectivity index (χ2v) is 7.86. The molecular weight excluding hydrogens is 328 g/mol. The van der Waals surface area contributed by atoms with Gasteiger partial charge in [-0.2, -0.15) is 0 Å². The summed E-state index contributed by atoms with van der Waals surface area (Å²) in [4.78, 5) is 29.2. The Morgan fingerprint density at radius 3 is 2.85 bits per heavy atom. The maximum absolute atomic E-state index is 12.5. The summed E-state index contributed by atoms with van der Waals surface area (Å²) in [6, 6.07) is 7.24. The Morgan fingerprint density at radius 1 is 1.31 bits per heavy atom. The molecule has 3 rings (SSSR count). The minimum atomic E-state index is -0.227. The van der Waals surface area contributed by atoms with Gasteiger partial charge >= 0.3 is 5.97 Å². The molecule has 0 amide bonds. The third-order valence-electron chi connectivity index (χ3n) is 5.53. The number of benzene rings is 1. The van der Waals surface area contributed by atoms with Gasteiger partial charge in [-0.05, 0) is 42.7 Å². The zero-order chi connectivity index (χ0) is 18.7. The van der Waals surface area contributed by atoms with Crippen molar-refractivity contribution < 1.29 is 9.53 Å². The zero-order valence-corrected chi connectivity index (χ0v) is 15.9. The molecule has 0 spiro atoms. The number of aryl methyl sites for hydroxylation is 1. The third-order valence-corrected chi connectivity index (χ3v) is 5.53. The molecule has 1 saturated carbocycles. The van der Waals surface area contributed by atoms with E-state index in [0.29, 0.717) is 35.2 Å². The molecule has 0 unspecified atom stereocenters. The Bertz CT molecular complexity index is 827. The maximum atomic E-state index is 12.5. The van der Waals surface area contributed by atoms with E-state index < -0.39 is 0 Å². The molecule has 140 valence electrons. The van der Waals surface area contributed by atoms with Gasteiger partial charge in [-0.1, -0.05) is 39.3 Å². The SMILES string of the molecule is CC(C)[C@@H]1CC[C@@H](C)C[C@H]1OC(=O)CCn1cnc2ccccc2c1=O. The monoisotopic (exact) mass is 356 g/mol. The van der Waals surface area contributed by atoms with Crippen molar-refractivity contribution >= 4 is 16.9 Å². The summed E-state index contributed by atoms with van der Waals surface area (Å²) in [6.07, 6.45) is 4.96. The highest BCUT2D eigenvalue weighted by Crippen LogP contribution is 2.35. The van der Waals surface area contributed by atoms with E-state index in [1.807, 2.05) is 18.2 Å². The standard InChI is InChI=1S/C21H28N2O3/c1-14(2)16-9-8-15(3)12-19(16)26-20(24)10-11-23-13-22-18-7-5-4-6-17(18)21(23)25/h4-7,13-16,19H,8-12H2,1-3H3/t15-,16+,19-/m1/s1. The van der Waals surface area contributed by atoms with E-state index in [-0.39, 0.29) is 24.1 Å². The molecule has 26 heavy (non-hydrogen) atoms. The smallest absolute Gasteiger partial charge is 0.307 e. The van der Waals surface area contributed by atoms with Crippen LogP contribution in [-0.4, -0.2) is 21.6 Å². The van der Waals surface area contributed by atoms with E-state index >= 15 is 0 Å². The highest BCUT2D eigenvalue weighted by Gasteiger charge is 2.33. The van der Waals surface area contributed by atoms with E-state index in [9.17, 15) is 9.59 Å². The average molecular weight is 356 g/mol. The predicted molar refractivity (Wildman–Crippen MR) is 102 cm³/mol. The van der Waals surface area contributed by atoms with Crippen LogP contribution in [0.25, 0.3) is 10.9 Å². The van der Waals surface area contributed by atoms with Crippen LogP contribution in [0.5, 0.6) is 0 Å². The van der Waals surface area contributed by atoms with E-state index in [1.165, 1.54) is 17.3 Å². The molecule has 0 N–H and O–H groups in total. The minimum absolute atomic E-state index is 0.00213. The molecule has 1 aromatic carbocycles. The topological polar surface area (TPSA) is 61.2 Å². The molecule has 0 radical (unpaired) electrons. The highest BCUT2D eigenvalue weighted by molar-refractivity contribution is 5.77. The summed E-state index contributed by atoms with van der Waals surface area (Å²) in [7, 11) is 0. The lowest BCUT2D eigenvalue weighted by Crippen LogP contribution is -2.36. The first-order valence-corrected chi connectivity index (χ1v) is 9.59. The Hall–Kier alpha value is -2.17. The fraction of sp³-hybridized carbons (Fsp3) is 0.571. The Kier molecular flexibility index (Phi) is 5.74. The quantitative estimate of drug-likeness (QED) is 0.765. The first kappa shape index (κ1) is 18.6. The molecule has 1 heterocycles. The number of carbonyl (C=O) groups excluding carboxylic acids is 1. The number of para-hydroxylation sites is 1. The Morgan fingerprint density at radius 2 is 2.08 bits per heavy atom. The van der Waals surface area contributed by atoms with Crippen LogP contribution in [0.1, 0.15) is 46.5 Å². The lowest BCUT2D eigenvalue weighted by atomic mass is 9.75. The van der Waals surface area contributed by atoms with Gasteiger partial charge < -0.3 is 4.74 Å². The number of rotatable bonds is 5. The van der Waals surface area contributed by atoms with Crippen molar-refractivity contribution in [2.45, 2.75) is 59.1 Å². The van der Waals surface area contributed by atoms with Crippen molar-refractivity contribution in [1.82, 2.24) is 9.55 Å². The summed E-state index contributed by atoms with van der Waals surface area (Å²) in [5.74, 6) is 1.30. The second kappa shape index (κ2) is 8.02. The number of fused-ring (bicyclic) bond motifs is 1. The van der Waals surface area contributed by atoms with Gasteiger partial charge in [-0.15, -0.1) is 0 Å². The number of nitrogens with zero attached hydrogens (tertiary/aromatic N) is 2. The normalized spacial score (nSPS) is 23.3. The van der Waals surface area contributed by atoms with Gasteiger partial charge in [0, 0.05) is 6.54 Å². The van der Waals surface area contributed by atoms with Crippen LogP contribution in [0.2, 0.25) is 0 Å². The van der Waals surface area contributed by atoms with Gasteiger partial charge in [-0.3, -0.25) is 14.2 Å². The highest BCUT2D eigenvalue weighted by atomic mass is 16.5. The third kappa shape index (κ3) is 4.14. The summed E-state index contributed by atoms with van der Waals surface area (Å²) in [5.41, 5.74) is 0.557. The predicted octanol–water partition coefficient (Wildman–Crippen LogP) is 3.79. The summed E-state index contributed by atoms with van der Waals surface area (Å²) in [5, 5.41) is 0.573. The number of hydrogen-bond donors (Lipinski definition) is 0. The minimum Gasteiger partial charge on any atom is -0.462 e. The summed E-state index contributed by atoms with van der Waals surface area (Å²) in [6.45, 7) is 6.91. The van der Waals surface area contributed by atoms with E-state index in [0.717, 1.165) is 12.8 Å². The van der Waals surface area contributed by atoms with Gasteiger partial charge in [0.05, 0.1) is 23.7 Å². The van der Waals surface area contributed by atoms with Crippen LogP contribution in [0.4, 0.5) is 0 Å². The maximum Gasteiger partial charge on any atom is 0.307 e. The van der Waals surface area contributed by atoms with Crippen molar-refractivity contribution in [3.8, 4) is 0 Å². The number of ether oxygens (including phenoxy) is 1. The van der Waals surface area contributed by atoms with Gasteiger partial charge in [0.1, 0.15) is 6.10 Å². The fourth-order valence-corrected chi connectivity index (χ4v) is 3.96. The van der Waals surface area contributed by atoms with Crippen molar-refractivity contribution in [3.05, 3.63) is 40.9 Å². The molecule has 1 aliphatic rings. The molecule has 0 aliphatic heterocycles. The van der Waals surface area contributed by atoms with Crippen LogP contribution in [0.15, 0.2) is 35.4 Å².